The molecular formula is C12H14ClN3. The van der Waals surface area contributed by atoms with E-state index in [1.165, 1.54) is 0 Å². The topological polar surface area (TPSA) is 21.1 Å². The van der Waals surface area contributed by atoms with Crippen LogP contribution in [-0.2, 0) is 0 Å². The molecule has 0 saturated heterocycles. The van der Waals surface area contributed by atoms with E-state index in [1.807, 2.05) is 60.8 Å². The Morgan fingerprint density at radius 2 is 1.81 bits per heavy atom. The lowest BCUT2D eigenvalue weighted by Gasteiger charge is -2.09. The van der Waals surface area contributed by atoms with Crippen LogP contribution in [0.3, 0.4) is 0 Å². The number of aryl methyl sites for hydroxylation is 1. The highest BCUT2D eigenvalue weighted by molar-refractivity contribution is 6.32. The van der Waals surface area contributed by atoms with E-state index in [4.69, 9.17) is 11.6 Å². The highest BCUT2D eigenvalue weighted by atomic mass is 35.5. The normalized spacial score (nSPS) is 10.5. The summed E-state index contributed by atoms with van der Waals surface area (Å²) in [6.07, 6.45) is 0. The van der Waals surface area contributed by atoms with Gasteiger partial charge in [-0.2, -0.15) is 0 Å². The highest BCUT2D eigenvalue weighted by Gasteiger charge is 2.14. The SMILES string of the molecule is Cc1nc(N(C)C)c(Cl)n1-c1ccccc1. The van der Waals surface area contributed by atoms with Crippen LogP contribution >= 0.6 is 11.6 Å². The van der Waals surface area contributed by atoms with Crippen molar-refractivity contribution in [3.63, 3.8) is 0 Å². The Kier molecular flexibility index (Phi) is 2.88. The molecule has 0 N–H and O–H groups in total. The molecule has 0 saturated carbocycles. The molecule has 0 atom stereocenters. The highest BCUT2D eigenvalue weighted by Crippen LogP contribution is 2.28. The predicted octanol–water partition coefficient (Wildman–Crippen LogP) is 2.90. The van der Waals surface area contributed by atoms with Gasteiger partial charge in [0.15, 0.2) is 11.0 Å². The molecule has 0 aliphatic carbocycles. The number of halogens is 1. The van der Waals surface area contributed by atoms with E-state index in [2.05, 4.69) is 4.98 Å². The predicted molar refractivity (Wildman–Crippen MR) is 67.6 cm³/mol. The van der Waals surface area contributed by atoms with E-state index in [-0.39, 0.29) is 0 Å². The van der Waals surface area contributed by atoms with E-state index in [9.17, 15) is 0 Å². The first-order valence-electron chi connectivity index (χ1n) is 5.09. The summed E-state index contributed by atoms with van der Waals surface area (Å²) >= 11 is 6.32. The Hall–Kier alpha value is -1.48. The summed E-state index contributed by atoms with van der Waals surface area (Å²) in [5, 5.41) is 0.647. The van der Waals surface area contributed by atoms with Gasteiger partial charge in [-0.3, -0.25) is 4.57 Å². The minimum Gasteiger partial charge on any atom is -0.360 e. The summed E-state index contributed by atoms with van der Waals surface area (Å²) in [4.78, 5) is 6.35. The van der Waals surface area contributed by atoms with Gasteiger partial charge in [-0.1, -0.05) is 29.8 Å². The molecule has 0 amide bonds. The van der Waals surface area contributed by atoms with Crippen molar-refractivity contribution in [2.24, 2.45) is 0 Å². The minimum atomic E-state index is 0.647. The Labute approximate surface area is 100 Å². The third kappa shape index (κ3) is 1.78. The van der Waals surface area contributed by atoms with Crippen molar-refractivity contribution in [2.75, 3.05) is 19.0 Å². The maximum Gasteiger partial charge on any atom is 0.166 e. The Balaban J connectivity index is 2.58. The van der Waals surface area contributed by atoms with Crippen LogP contribution in [0.1, 0.15) is 5.82 Å². The molecule has 16 heavy (non-hydrogen) atoms. The van der Waals surface area contributed by atoms with Crippen LogP contribution in [0.5, 0.6) is 0 Å². The number of imidazole rings is 1. The van der Waals surface area contributed by atoms with Crippen LogP contribution in [0.15, 0.2) is 30.3 Å². The number of rotatable bonds is 2. The number of anilines is 1. The van der Waals surface area contributed by atoms with Crippen molar-refractivity contribution in [1.29, 1.82) is 0 Å². The second-order valence-corrected chi connectivity index (χ2v) is 4.20. The number of aromatic nitrogens is 2. The summed E-state index contributed by atoms with van der Waals surface area (Å²) < 4.78 is 1.94. The molecule has 84 valence electrons. The molecule has 1 heterocycles. The van der Waals surface area contributed by atoms with E-state index < -0.39 is 0 Å². The largest absolute Gasteiger partial charge is 0.360 e. The molecule has 2 aromatic rings. The molecule has 0 bridgehead atoms. The lowest BCUT2D eigenvalue weighted by molar-refractivity contribution is 0.974. The molecule has 0 spiro atoms. The minimum absolute atomic E-state index is 0.647. The molecule has 2 rings (SSSR count). The van der Waals surface area contributed by atoms with Gasteiger partial charge in [0.25, 0.3) is 0 Å². The second-order valence-electron chi connectivity index (χ2n) is 3.84. The van der Waals surface area contributed by atoms with Crippen molar-refractivity contribution >= 4 is 17.4 Å². The van der Waals surface area contributed by atoms with E-state index in [1.54, 1.807) is 0 Å². The molecule has 1 aromatic heterocycles. The van der Waals surface area contributed by atoms with Crippen molar-refractivity contribution in [3.8, 4) is 5.69 Å². The van der Waals surface area contributed by atoms with Gasteiger partial charge in [0.1, 0.15) is 5.82 Å². The summed E-state index contributed by atoms with van der Waals surface area (Å²) in [6, 6.07) is 9.98. The number of hydrogen-bond donors (Lipinski definition) is 0. The number of hydrogen-bond acceptors (Lipinski definition) is 2. The van der Waals surface area contributed by atoms with Gasteiger partial charge in [0, 0.05) is 19.8 Å². The zero-order valence-electron chi connectivity index (χ0n) is 9.61. The fourth-order valence-corrected chi connectivity index (χ4v) is 2.08. The van der Waals surface area contributed by atoms with Crippen molar-refractivity contribution in [2.45, 2.75) is 6.92 Å². The molecule has 0 fully saturated rings. The summed E-state index contributed by atoms with van der Waals surface area (Å²) in [7, 11) is 3.87. The number of benzene rings is 1. The fourth-order valence-electron chi connectivity index (χ4n) is 1.65. The molecule has 3 nitrogen and oxygen atoms in total. The van der Waals surface area contributed by atoms with Crippen LogP contribution in [0, 0.1) is 6.92 Å². The van der Waals surface area contributed by atoms with E-state index in [0.29, 0.717) is 5.15 Å². The molecule has 0 aliphatic rings. The molecule has 1 aromatic carbocycles. The molecular weight excluding hydrogens is 222 g/mol. The van der Waals surface area contributed by atoms with Crippen molar-refractivity contribution in [1.82, 2.24) is 9.55 Å². The van der Waals surface area contributed by atoms with Crippen LogP contribution in [0.25, 0.3) is 5.69 Å². The zero-order chi connectivity index (χ0) is 11.7. The maximum atomic E-state index is 6.32. The van der Waals surface area contributed by atoms with Gasteiger partial charge in [-0.15, -0.1) is 0 Å². The van der Waals surface area contributed by atoms with E-state index >= 15 is 0 Å². The number of nitrogens with zero attached hydrogens (tertiary/aromatic N) is 3. The fraction of sp³-hybridized carbons (Fsp3) is 0.250. The van der Waals surface area contributed by atoms with Crippen LogP contribution in [0.4, 0.5) is 5.82 Å². The average molecular weight is 236 g/mol. The molecule has 0 aliphatic heterocycles. The van der Waals surface area contributed by atoms with Crippen LogP contribution < -0.4 is 4.90 Å². The smallest absolute Gasteiger partial charge is 0.166 e. The second kappa shape index (κ2) is 4.18. The van der Waals surface area contributed by atoms with Crippen LogP contribution in [-0.4, -0.2) is 23.6 Å². The monoisotopic (exact) mass is 235 g/mol. The standard InChI is InChI=1S/C12H14ClN3/c1-9-14-12(15(2)3)11(13)16(9)10-7-5-4-6-8-10/h4-8H,1-3H3. The lowest BCUT2D eigenvalue weighted by Crippen LogP contribution is -2.09. The molecule has 0 radical (unpaired) electrons. The first-order valence-corrected chi connectivity index (χ1v) is 5.46. The maximum absolute atomic E-state index is 6.32. The average Bonchev–Trinajstić information content (AvgIpc) is 2.56. The quantitative estimate of drug-likeness (QED) is 0.798. The van der Waals surface area contributed by atoms with Gasteiger partial charge in [0.2, 0.25) is 0 Å². The summed E-state index contributed by atoms with van der Waals surface area (Å²) in [5.74, 6) is 1.68. The van der Waals surface area contributed by atoms with Crippen molar-refractivity contribution < 1.29 is 0 Å². The first-order chi connectivity index (χ1) is 7.61. The molecule has 0 unspecified atom stereocenters. The van der Waals surface area contributed by atoms with Gasteiger partial charge >= 0.3 is 0 Å². The number of para-hydroxylation sites is 1. The van der Waals surface area contributed by atoms with Gasteiger partial charge in [0.05, 0.1) is 0 Å². The van der Waals surface area contributed by atoms with E-state index in [0.717, 1.165) is 17.3 Å². The zero-order valence-corrected chi connectivity index (χ0v) is 10.4. The first kappa shape index (κ1) is 11.0. The summed E-state index contributed by atoms with van der Waals surface area (Å²) in [6.45, 7) is 1.95. The third-order valence-corrected chi connectivity index (χ3v) is 2.75. The van der Waals surface area contributed by atoms with Crippen molar-refractivity contribution in [3.05, 3.63) is 41.3 Å². The Morgan fingerprint density at radius 1 is 1.19 bits per heavy atom. The molecule has 4 heteroatoms. The van der Waals surface area contributed by atoms with Gasteiger partial charge in [-0.25, -0.2) is 4.98 Å². The van der Waals surface area contributed by atoms with Crippen LogP contribution in [0.2, 0.25) is 5.15 Å². The Bertz CT molecular complexity index is 488. The third-order valence-electron chi connectivity index (χ3n) is 2.41. The van der Waals surface area contributed by atoms with Gasteiger partial charge < -0.3 is 4.90 Å². The Morgan fingerprint density at radius 3 is 2.31 bits per heavy atom. The van der Waals surface area contributed by atoms with Gasteiger partial charge in [-0.05, 0) is 19.1 Å². The summed E-state index contributed by atoms with van der Waals surface area (Å²) in [5.41, 5.74) is 1.03. The lowest BCUT2D eigenvalue weighted by atomic mass is 10.3.